The molecule has 0 unspecified atom stereocenters. The molecule has 0 fully saturated rings. The van der Waals surface area contributed by atoms with Crippen molar-refractivity contribution in [3.05, 3.63) is 77.4 Å². The van der Waals surface area contributed by atoms with Crippen molar-refractivity contribution in [1.29, 1.82) is 0 Å². The zero-order valence-electron chi connectivity index (χ0n) is 16.1. The van der Waals surface area contributed by atoms with E-state index in [-0.39, 0.29) is 18.0 Å². The van der Waals surface area contributed by atoms with Crippen LogP contribution in [0.15, 0.2) is 60.7 Å². The smallest absolute Gasteiger partial charge is 0.163 e. The lowest BCUT2D eigenvalue weighted by Crippen LogP contribution is -2.07. The van der Waals surface area contributed by atoms with Gasteiger partial charge in [0, 0.05) is 26.3 Å². The van der Waals surface area contributed by atoms with E-state index in [1.165, 1.54) is 17.7 Å². The topological polar surface area (TPSA) is 49.4 Å². The molecule has 0 saturated carbocycles. The molecule has 27 heavy (non-hydrogen) atoms. The predicted octanol–water partition coefficient (Wildman–Crippen LogP) is 3.73. The van der Waals surface area contributed by atoms with E-state index in [4.69, 9.17) is 0 Å². The third-order valence-electron chi connectivity index (χ3n) is 4.04. The summed E-state index contributed by atoms with van der Waals surface area (Å²) in [6.07, 6.45) is 6.27. The van der Waals surface area contributed by atoms with Crippen LogP contribution in [0.25, 0.3) is 12.2 Å². The monoisotopic (exact) mass is 362 g/mol. The minimum Gasteiger partial charge on any atom is -0.378 e. The van der Waals surface area contributed by atoms with Gasteiger partial charge in [-0.2, -0.15) is 0 Å². The van der Waals surface area contributed by atoms with Gasteiger partial charge in [-0.15, -0.1) is 0 Å². The van der Waals surface area contributed by atoms with Crippen LogP contribution in [-0.4, -0.2) is 32.7 Å². The van der Waals surface area contributed by atoms with Gasteiger partial charge in [-0.3, -0.25) is 9.59 Å². The zero-order valence-corrected chi connectivity index (χ0v) is 16.1. The van der Waals surface area contributed by atoms with E-state index < -0.39 is 0 Å². The van der Waals surface area contributed by atoms with Crippen molar-refractivity contribution < 1.29 is 9.59 Å². The lowest BCUT2D eigenvalue weighted by molar-refractivity contribution is -0.121. The molecule has 140 valence electrons. The molecule has 2 aromatic carbocycles. The summed E-state index contributed by atoms with van der Waals surface area (Å²) in [5.74, 6) is -0.405. The number of carbonyl (C=O) groups excluding carboxylic acids is 2. The summed E-state index contributed by atoms with van der Waals surface area (Å²) in [4.78, 5) is 26.0. The second-order valence-corrected chi connectivity index (χ2v) is 6.53. The maximum Gasteiger partial charge on any atom is 0.163 e. The van der Waals surface area contributed by atoms with Gasteiger partial charge in [0.1, 0.15) is 0 Å². The van der Waals surface area contributed by atoms with E-state index in [1.54, 1.807) is 12.2 Å². The number of nitrogens with one attached hydrogen (secondary N) is 1. The Morgan fingerprint density at radius 3 is 1.78 bits per heavy atom. The number of allylic oxidation sites excluding steroid dienone is 2. The van der Waals surface area contributed by atoms with Gasteiger partial charge < -0.3 is 10.2 Å². The van der Waals surface area contributed by atoms with Crippen LogP contribution < -0.4 is 10.2 Å². The molecular formula is C23H26N2O2. The Hall–Kier alpha value is -2.98. The molecule has 4 nitrogen and oxygen atoms in total. The van der Waals surface area contributed by atoms with Crippen LogP contribution in [0, 0.1) is 0 Å². The summed E-state index contributed by atoms with van der Waals surface area (Å²) in [6.45, 7) is 0.807. The Labute approximate surface area is 161 Å². The quantitative estimate of drug-likeness (QED) is 0.545. The van der Waals surface area contributed by atoms with Crippen LogP contribution >= 0.6 is 0 Å². The van der Waals surface area contributed by atoms with Crippen molar-refractivity contribution in [3.63, 3.8) is 0 Å². The van der Waals surface area contributed by atoms with E-state index in [0.29, 0.717) is 0 Å². The summed E-state index contributed by atoms with van der Waals surface area (Å²) in [5, 5.41) is 3.09. The highest BCUT2D eigenvalue weighted by Gasteiger charge is 2.03. The number of hydrogen-bond acceptors (Lipinski definition) is 4. The molecule has 4 heteroatoms. The summed E-state index contributed by atoms with van der Waals surface area (Å²) in [6, 6.07) is 15.8. The molecule has 0 heterocycles. The Balaban J connectivity index is 1.86. The first kappa shape index (κ1) is 20.3. The first-order chi connectivity index (χ1) is 13.0. The van der Waals surface area contributed by atoms with Crippen molar-refractivity contribution >= 4 is 29.4 Å². The van der Waals surface area contributed by atoms with Gasteiger partial charge in [-0.25, -0.2) is 0 Å². The van der Waals surface area contributed by atoms with Gasteiger partial charge in [-0.05, 0) is 48.0 Å². The van der Waals surface area contributed by atoms with Crippen molar-refractivity contribution in [3.8, 4) is 0 Å². The van der Waals surface area contributed by atoms with Gasteiger partial charge in [0.15, 0.2) is 11.6 Å². The van der Waals surface area contributed by atoms with Gasteiger partial charge in [-0.1, -0.05) is 48.6 Å². The molecule has 0 atom stereocenters. The van der Waals surface area contributed by atoms with E-state index in [2.05, 4.69) is 5.32 Å². The van der Waals surface area contributed by atoms with E-state index in [9.17, 15) is 9.59 Å². The Morgan fingerprint density at radius 1 is 0.852 bits per heavy atom. The average molecular weight is 362 g/mol. The maximum atomic E-state index is 12.0. The van der Waals surface area contributed by atoms with Crippen LogP contribution in [0.4, 0.5) is 5.69 Å². The summed E-state index contributed by atoms with van der Waals surface area (Å²) < 4.78 is 0. The highest BCUT2D eigenvalue weighted by Crippen LogP contribution is 2.13. The maximum absolute atomic E-state index is 12.0. The first-order valence-electron chi connectivity index (χ1n) is 8.90. The van der Waals surface area contributed by atoms with Crippen molar-refractivity contribution in [2.24, 2.45) is 0 Å². The number of hydrogen-bond donors (Lipinski definition) is 1. The number of nitrogens with zero attached hydrogens (tertiary/aromatic N) is 1. The average Bonchev–Trinajstić information content (AvgIpc) is 2.66. The lowest BCUT2D eigenvalue weighted by Gasteiger charge is -2.11. The molecule has 0 amide bonds. The second-order valence-electron chi connectivity index (χ2n) is 6.53. The standard InChI is InChI=1S/C23H26N2O2/c1-24-17-20-6-4-18(5-7-20)10-14-22(26)16-23(27)15-11-19-8-12-21(13-9-19)25(2)3/h4-15,24H,16-17H2,1-3H3/b14-10+,15-11+. The van der Waals surface area contributed by atoms with E-state index in [0.717, 1.165) is 23.4 Å². The minimum atomic E-state index is -0.203. The molecule has 2 rings (SSSR count). The third kappa shape index (κ3) is 7.04. The molecular weight excluding hydrogens is 336 g/mol. The fraction of sp³-hybridized carbons (Fsp3) is 0.217. The van der Waals surface area contributed by atoms with E-state index >= 15 is 0 Å². The highest BCUT2D eigenvalue weighted by molar-refractivity contribution is 6.10. The van der Waals surface area contributed by atoms with Crippen molar-refractivity contribution in [1.82, 2.24) is 5.32 Å². The molecule has 0 bridgehead atoms. The molecule has 0 aliphatic carbocycles. The third-order valence-corrected chi connectivity index (χ3v) is 4.04. The fourth-order valence-electron chi connectivity index (χ4n) is 2.50. The highest BCUT2D eigenvalue weighted by atomic mass is 16.1. The van der Waals surface area contributed by atoms with Crippen LogP contribution in [-0.2, 0) is 16.1 Å². The zero-order chi connectivity index (χ0) is 19.6. The van der Waals surface area contributed by atoms with Crippen LogP contribution in [0.5, 0.6) is 0 Å². The fourth-order valence-corrected chi connectivity index (χ4v) is 2.50. The number of ketones is 2. The summed E-state index contributed by atoms with van der Waals surface area (Å²) in [5.41, 5.74) is 4.14. The Bertz CT molecular complexity index is 816. The van der Waals surface area contributed by atoms with Crippen LogP contribution in [0.1, 0.15) is 23.1 Å². The molecule has 0 aliphatic heterocycles. The number of anilines is 1. The number of carbonyl (C=O) groups is 2. The first-order valence-corrected chi connectivity index (χ1v) is 8.90. The molecule has 0 aliphatic rings. The van der Waals surface area contributed by atoms with Gasteiger partial charge >= 0.3 is 0 Å². The molecule has 1 N–H and O–H groups in total. The van der Waals surface area contributed by atoms with Gasteiger partial charge in [0.25, 0.3) is 0 Å². The molecule has 0 aromatic heterocycles. The Morgan fingerprint density at radius 2 is 1.33 bits per heavy atom. The van der Waals surface area contributed by atoms with Crippen LogP contribution in [0.2, 0.25) is 0 Å². The van der Waals surface area contributed by atoms with Crippen LogP contribution in [0.3, 0.4) is 0 Å². The van der Waals surface area contributed by atoms with Crippen molar-refractivity contribution in [2.75, 3.05) is 26.0 Å². The SMILES string of the molecule is CNCc1ccc(/C=C/C(=O)CC(=O)/C=C/c2ccc(N(C)C)cc2)cc1. The summed E-state index contributed by atoms with van der Waals surface area (Å²) >= 11 is 0. The largest absolute Gasteiger partial charge is 0.378 e. The molecule has 0 radical (unpaired) electrons. The molecule has 2 aromatic rings. The molecule has 0 spiro atoms. The van der Waals surface area contributed by atoms with E-state index in [1.807, 2.05) is 74.6 Å². The Kier molecular flexibility index (Phi) is 7.71. The lowest BCUT2D eigenvalue weighted by atomic mass is 10.1. The molecule has 0 saturated heterocycles. The van der Waals surface area contributed by atoms with Crippen molar-refractivity contribution in [2.45, 2.75) is 13.0 Å². The number of benzene rings is 2. The van der Waals surface area contributed by atoms with Gasteiger partial charge in [0.2, 0.25) is 0 Å². The predicted molar refractivity (Wildman–Crippen MR) is 113 cm³/mol. The second kappa shape index (κ2) is 10.2. The summed E-state index contributed by atoms with van der Waals surface area (Å²) in [7, 11) is 5.85. The van der Waals surface area contributed by atoms with Gasteiger partial charge in [0.05, 0.1) is 6.42 Å². The normalized spacial score (nSPS) is 11.2. The minimum absolute atomic E-state index is 0.124. The number of rotatable bonds is 9.